The predicted molar refractivity (Wildman–Crippen MR) is 102 cm³/mol. The van der Waals surface area contributed by atoms with Crippen molar-refractivity contribution in [2.45, 2.75) is 20.0 Å². The molecule has 0 radical (unpaired) electrons. The van der Waals surface area contributed by atoms with E-state index in [9.17, 15) is 31.5 Å². The molecule has 1 heterocycles. The molecular formula is C21H17F5N2O3. The molecule has 0 spiro atoms. The van der Waals surface area contributed by atoms with E-state index in [0.717, 1.165) is 18.2 Å². The Labute approximate surface area is 173 Å². The number of nitrogens with two attached hydrogens (primary N) is 1. The number of aromatic carboxylic acids is 1. The highest BCUT2D eigenvalue weighted by atomic mass is 19.4. The third kappa shape index (κ3) is 5.27. The van der Waals surface area contributed by atoms with Crippen LogP contribution in [0, 0.1) is 25.5 Å². The lowest BCUT2D eigenvalue weighted by Gasteiger charge is -2.16. The van der Waals surface area contributed by atoms with Crippen LogP contribution in [0.2, 0.25) is 0 Å². The van der Waals surface area contributed by atoms with E-state index in [1.54, 1.807) is 6.92 Å². The van der Waals surface area contributed by atoms with E-state index >= 15 is 0 Å². The van der Waals surface area contributed by atoms with Crippen LogP contribution in [0.25, 0.3) is 5.69 Å². The predicted octanol–water partition coefficient (Wildman–Crippen LogP) is 4.87. The van der Waals surface area contributed by atoms with E-state index in [1.165, 1.54) is 35.8 Å². The summed E-state index contributed by atoms with van der Waals surface area (Å²) in [7, 11) is 0. The number of para-hydroxylation sites is 1. The van der Waals surface area contributed by atoms with Crippen molar-refractivity contribution in [2.75, 3.05) is 0 Å². The van der Waals surface area contributed by atoms with Gasteiger partial charge in [0, 0.05) is 17.5 Å². The van der Waals surface area contributed by atoms with Gasteiger partial charge in [-0.2, -0.15) is 13.2 Å². The Bertz CT molecular complexity index is 1140. The van der Waals surface area contributed by atoms with Gasteiger partial charge in [0.25, 0.3) is 5.91 Å². The highest BCUT2D eigenvalue weighted by Crippen LogP contribution is 2.35. The van der Waals surface area contributed by atoms with Gasteiger partial charge in [0.05, 0.1) is 22.4 Å². The number of primary amides is 1. The van der Waals surface area contributed by atoms with E-state index in [-0.39, 0.29) is 22.5 Å². The molecule has 0 aliphatic rings. The lowest BCUT2D eigenvalue weighted by atomic mass is 10.1. The molecule has 1 amide bonds. The van der Waals surface area contributed by atoms with Crippen molar-refractivity contribution >= 4 is 11.9 Å². The van der Waals surface area contributed by atoms with Gasteiger partial charge in [-0.15, -0.1) is 0 Å². The van der Waals surface area contributed by atoms with Crippen LogP contribution in [0.5, 0.6) is 0 Å². The minimum Gasteiger partial charge on any atom is -0.478 e. The molecule has 31 heavy (non-hydrogen) atoms. The molecular weight excluding hydrogens is 423 g/mol. The van der Waals surface area contributed by atoms with E-state index < -0.39 is 35.3 Å². The first-order valence-corrected chi connectivity index (χ1v) is 8.68. The van der Waals surface area contributed by atoms with Gasteiger partial charge in [-0.3, -0.25) is 4.79 Å². The monoisotopic (exact) mass is 440 g/mol. The van der Waals surface area contributed by atoms with Crippen molar-refractivity contribution in [3.63, 3.8) is 0 Å². The molecule has 0 aliphatic heterocycles. The fourth-order valence-corrected chi connectivity index (χ4v) is 2.95. The molecule has 3 aromatic rings. The van der Waals surface area contributed by atoms with Gasteiger partial charge < -0.3 is 15.4 Å². The van der Waals surface area contributed by atoms with Gasteiger partial charge in [-0.1, -0.05) is 12.1 Å². The Morgan fingerprint density at radius 1 is 0.968 bits per heavy atom. The molecule has 2 aromatic carbocycles. The van der Waals surface area contributed by atoms with Crippen LogP contribution in [-0.4, -0.2) is 21.6 Å². The molecule has 0 aliphatic carbocycles. The van der Waals surface area contributed by atoms with Gasteiger partial charge in [0.1, 0.15) is 11.6 Å². The molecule has 0 saturated carbocycles. The largest absolute Gasteiger partial charge is 0.478 e. The first-order chi connectivity index (χ1) is 14.3. The van der Waals surface area contributed by atoms with Gasteiger partial charge in [0.2, 0.25) is 0 Å². The van der Waals surface area contributed by atoms with Crippen LogP contribution in [0.4, 0.5) is 22.0 Å². The Kier molecular flexibility index (Phi) is 6.84. The number of hydrogen-bond acceptors (Lipinski definition) is 2. The third-order valence-electron chi connectivity index (χ3n) is 4.31. The molecule has 0 saturated heterocycles. The summed E-state index contributed by atoms with van der Waals surface area (Å²) >= 11 is 0. The van der Waals surface area contributed by atoms with Crippen molar-refractivity contribution in [1.82, 2.24) is 4.57 Å². The third-order valence-corrected chi connectivity index (χ3v) is 4.31. The summed E-state index contributed by atoms with van der Waals surface area (Å²) in [5, 5.41) is 9.04. The van der Waals surface area contributed by atoms with Crippen molar-refractivity contribution in [1.29, 1.82) is 0 Å². The highest BCUT2D eigenvalue weighted by Gasteiger charge is 2.34. The summed E-state index contributed by atoms with van der Waals surface area (Å²) in [6, 6.07) is 9.06. The van der Waals surface area contributed by atoms with Crippen molar-refractivity contribution < 1.29 is 36.6 Å². The number of aryl methyl sites for hydroxylation is 1. The number of rotatable bonds is 3. The number of nitrogens with zero attached hydrogens (tertiary/aromatic N) is 1. The lowest BCUT2D eigenvalue weighted by molar-refractivity contribution is -0.137. The minimum atomic E-state index is -4.50. The summed E-state index contributed by atoms with van der Waals surface area (Å²) in [5.74, 6) is -3.72. The Balaban J connectivity index is 0.000000262. The van der Waals surface area contributed by atoms with E-state index in [1.807, 2.05) is 0 Å². The summed E-state index contributed by atoms with van der Waals surface area (Å²) in [6.07, 6.45) is -4.50. The van der Waals surface area contributed by atoms with Crippen LogP contribution >= 0.6 is 0 Å². The van der Waals surface area contributed by atoms with Crippen molar-refractivity contribution in [3.05, 3.63) is 88.2 Å². The summed E-state index contributed by atoms with van der Waals surface area (Å²) < 4.78 is 65.2. The maximum Gasteiger partial charge on any atom is 0.418 e. The molecule has 1 aromatic heterocycles. The first kappa shape index (κ1) is 23.6. The van der Waals surface area contributed by atoms with E-state index in [0.29, 0.717) is 11.8 Å². The number of benzene rings is 2. The SMILES string of the molecule is Cc1cc(C(=O)O)c(C)n1-c1ccccc1C(F)(F)F.NC(=O)c1ccc(F)cc1F. The minimum absolute atomic E-state index is 0.000484. The molecule has 5 nitrogen and oxygen atoms in total. The number of amides is 1. The number of carboxylic acid groups (broad SMARTS) is 1. The summed E-state index contributed by atoms with van der Waals surface area (Å²) in [4.78, 5) is 21.5. The van der Waals surface area contributed by atoms with Crippen LogP contribution in [0.1, 0.15) is 37.7 Å². The molecule has 0 fully saturated rings. The molecule has 3 N–H and O–H groups in total. The van der Waals surface area contributed by atoms with Crippen LogP contribution in [-0.2, 0) is 6.18 Å². The fraction of sp³-hybridized carbons (Fsp3) is 0.143. The number of carboxylic acids is 1. The topological polar surface area (TPSA) is 85.3 Å². The van der Waals surface area contributed by atoms with Gasteiger partial charge in [-0.05, 0) is 44.2 Å². The highest BCUT2D eigenvalue weighted by molar-refractivity contribution is 5.93. The maximum atomic E-state index is 13.0. The Morgan fingerprint density at radius 3 is 2.06 bits per heavy atom. The summed E-state index contributed by atoms with van der Waals surface area (Å²) in [6.45, 7) is 3.07. The molecule has 0 atom stereocenters. The standard InChI is InChI=1S/C14H12F3NO2.C7H5F2NO/c1-8-7-10(13(19)20)9(2)18(8)12-6-4-3-5-11(12)14(15,16)17;8-4-1-2-5(7(10)11)6(9)3-4/h3-7H,1-2H3,(H,19,20);1-3H,(H2,10,11). The Hall–Kier alpha value is -3.69. The number of alkyl halides is 3. The van der Waals surface area contributed by atoms with Crippen LogP contribution < -0.4 is 5.73 Å². The number of hydrogen-bond donors (Lipinski definition) is 2. The molecule has 0 bridgehead atoms. The fourth-order valence-electron chi connectivity index (χ4n) is 2.95. The van der Waals surface area contributed by atoms with Gasteiger partial charge in [-0.25, -0.2) is 13.6 Å². The zero-order valence-electron chi connectivity index (χ0n) is 16.3. The number of carbonyl (C=O) groups is 2. The van der Waals surface area contributed by atoms with Crippen molar-refractivity contribution in [3.8, 4) is 5.69 Å². The zero-order valence-corrected chi connectivity index (χ0v) is 16.3. The molecule has 0 unspecified atom stereocenters. The zero-order chi connectivity index (χ0) is 23.5. The second-order valence-corrected chi connectivity index (χ2v) is 6.43. The smallest absolute Gasteiger partial charge is 0.418 e. The van der Waals surface area contributed by atoms with E-state index in [4.69, 9.17) is 10.8 Å². The normalized spacial score (nSPS) is 10.9. The number of halogens is 5. The Morgan fingerprint density at radius 2 is 1.58 bits per heavy atom. The molecule has 10 heteroatoms. The second kappa shape index (κ2) is 8.99. The number of carbonyl (C=O) groups excluding carboxylic acids is 1. The average molecular weight is 440 g/mol. The van der Waals surface area contributed by atoms with E-state index in [2.05, 4.69) is 0 Å². The maximum absolute atomic E-state index is 13.0. The molecule has 3 rings (SSSR count). The lowest BCUT2D eigenvalue weighted by Crippen LogP contribution is -2.12. The molecule has 164 valence electrons. The van der Waals surface area contributed by atoms with Crippen LogP contribution in [0.15, 0.2) is 48.5 Å². The van der Waals surface area contributed by atoms with Gasteiger partial charge >= 0.3 is 12.1 Å². The van der Waals surface area contributed by atoms with Crippen LogP contribution in [0.3, 0.4) is 0 Å². The first-order valence-electron chi connectivity index (χ1n) is 8.68. The summed E-state index contributed by atoms with van der Waals surface area (Å²) in [5.41, 5.74) is 4.31. The average Bonchev–Trinajstić information content (AvgIpc) is 2.95. The van der Waals surface area contributed by atoms with Crippen molar-refractivity contribution in [2.24, 2.45) is 5.73 Å². The number of aromatic nitrogens is 1. The second-order valence-electron chi connectivity index (χ2n) is 6.43. The van der Waals surface area contributed by atoms with Gasteiger partial charge in [0.15, 0.2) is 0 Å². The quantitative estimate of drug-likeness (QED) is 0.570.